The summed E-state index contributed by atoms with van der Waals surface area (Å²) < 4.78 is 2.06. The standard InChI is InChI=1S/C7H11N2.ClH/c8-4-7-9-5-2-1-3-6-9;/h1-3,5-6H,4,7-8H2;1H/q+1;. The Bertz CT molecular complexity index is 165. The predicted molar refractivity (Wildman–Crippen MR) is 42.9 cm³/mol. The van der Waals surface area contributed by atoms with Crippen LogP contribution in [0.5, 0.6) is 0 Å². The summed E-state index contributed by atoms with van der Waals surface area (Å²) in [6.45, 7) is 1.61. The molecule has 0 aliphatic rings. The molecule has 0 saturated heterocycles. The second-order valence-electron chi connectivity index (χ2n) is 1.90. The molecule has 0 unspecified atom stereocenters. The fraction of sp³-hybridized carbons (Fsp3) is 0.286. The zero-order valence-electron chi connectivity index (χ0n) is 5.73. The van der Waals surface area contributed by atoms with E-state index >= 15 is 0 Å². The van der Waals surface area contributed by atoms with Crippen LogP contribution in [-0.2, 0) is 6.54 Å². The van der Waals surface area contributed by atoms with Crippen molar-refractivity contribution in [3.63, 3.8) is 0 Å². The Kier molecular flexibility index (Phi) is 4.89. The van der Waals surface area contributed by atoms with Gasteiger partial charge in [0.25, 0.3) is 0 Å². The SMILES string of the molecule is Cl.NCC[n+]1ccccc1. The Morgan fingerprint density at radius 1 is 1.10 bits per heavy atom. The van der Waals surface area contributed by atoms with E-state index < -0.39 is 0 Å². The number of pyridine rings is 1. The second kappa shape index (κ2) is 5.21. The number of nitrogens with two attached hydrogens (primary N) is 1. The molecular formula is C7H12ClN2+. The summed E-state index contributed by atoms with van der Waals surface area (Å²) in [5.41, 5.74) is 5.34. The number of rotatable bonds is 2. The molecule has 0 aliphatic heterocycles. The van der Waals surface area contributed by atoms with Crippen LogP contribution in [0.4, 0.5) is 0 Å². The van der Waals surface area contributed by atoms with Crippen molar-refractivity contribution >= 4 is 12.4 Å². The van der Waals surface area contributed by atoms with Gasteiger partial charge in [0, 0.05) is 12.1 Å². The van der Waals surface area contributed by atoms with E-state index in [0.29, 0.717) is 6.54 Å². The van der Waals surface area contributed by atoms with Crippen molar-refractivity contribution in [3.8, 4) is 0 Å². The molecule has 0 amide bonds. The van der Waals surface area contributed by atoms with Crippen molar-refractivity contribution in [2.24, 2.45) is 5.73 Å². The lowest BCUT2D eigenvalue weighted by molar-refractivity contribution is -0.694. The average molecular weight is 160 g/mol. The van der Waals surface area contributed by atoms with Gasteiger partial charge in [-0.25, -0.2) is 4.57 Å². The van der Waals surface area contributed by atoms with Gasteiger partial charge in [-0.15, -0.1) is 12.4 Å². The van der Waals surface area contributed by atoms with Crippen LogP contribution in [0.25, 0.3) is 0 Å². The molecule has 0 spiro atoms. The molecule has 0 aromatic carbocycles. The van der Waals surface area contributed by atoms with Gasteiger partial charge in [0.1, 0.15) is 0 Å². The maximum atomic E-state index is 5.34. The molecule has 1 aromatic heterocycles. The molecule has 0 saturated carbocycles. The van der Waals surface area contributed by atoms with Crippen molar-refractivity contribution in [1.29, 1.82) is 0 Å². The molecule has 2 nitrogen and oxygen atoms in total. The summed E-state index contributed by atoms with van der Waals surface area (Å²) in [6, 6.07) is 5.98. The molecule has 2 N–H and O–H groups in total. The van der Waals surface area contributed by atoms with Crippen LogP contribution >= 0.6 is 12.4 Å². The first kappa shape index (κ1) is 9.40. The van der Waals surface area contributed by atoms with Gasteiger partial charge in [-0.3, -0.25) is 0 Å². The summed E-state index contributed by atoms with van der Waals surface area (Å²) in [5.74, 6) is 0. The van der Waals surface area contributed by atoms with E-state index in [1.54, 1.807) is 0 Å². The quantitative estimate of drug-likeness (QED) is 0.621. The minimum Gasteiger partial charge on any atom is -0.325 e. The van der Waals surface area contributed by atoms with Gasteiger partial charge in [0.2, 0.25) is 0 Å². The van der Waals surface area contributed by atoms with Gasteiger partial charge in [-0.2, -0.15) is 0 Å². The third kappa shape index (κ3) is 2.80. The van der Waals surface area contributed by atoms with E-state index in [1.807, 2.05) is 30.6 Å². The maximum Gasteiger partial charge on any atom is 0.168 e. The largest absolute Gasteiger partial charge is 0.325 e. The Hall–Kier alpha value is -0.600. The maximum absolute atomic E-state index is 5.34. The van der Waals surface area contributed by atoms with Gasteiger partial charge in [0.05, 0.1) is 6.54 Å². The summed E-state index contributed by atoms with van der Waals surface area (Å²) in [6.07, 6.45) is 4.01. The van der Waals surface area contributed by atoms with E-state index in [4.69, 9.17) is 5.73 Å². The highest BCUT2D eigenvalue weighted by Gasteiger charge is 1.90. The van der Waals surface area contributed by atoms with Gasteiger partial charge >= 0.3 is 0 Å². The van der Waals surface area contributed by atoms with E-state index in [9.17, 15) is 0 Å². The van der Waals surface area contributed by atoms with E-state index in [0.717, 1.165) is 6.54 Å². The van der Waals surface area contributed by atoms with E-state index in [-0.39, 0.29) is 12.4 Å². The topological polar surface area (TPSA) is 29.9 Å². The van der Waals surface area contributed by atoms with Crippen LogP contribution in [0.1, 0.15) is 0 Å². The Morgan fingerprint density at radius 3 is 2.20 bits per heavy atom. The fourth-order valence-electron chi connectivity index (χ4n) is 0.732. The fourth-order valence-corrected chi connectivity index (χ4v) is 0.732. The first-order chi connectivity index (χ1) is 4.43. The Labute approximate surface area is 67.1 Å². The van der Waals surface area contributed by atoms with E-state index in [2.05, 4.69) is 4.57 Å². The van der Waals surface area contributed by atoms with Crippen molar-refractivity contribution in [2.75, 3.05) is 6.54 Å². The molecule has 1 heterocycles. The van der Waals surface area contributed by atoms with Crippen molar-refractivity contribution in [2.45, 2.75) is 6.54 Å². The molecule has 0 fully saturated rings. The van der Waals surface area contributed by atoms with E-state index in [1.165, 1.54) is 0 Å². The third-order valence-electron chi connectivity index (χ3n) is 1.16. The minimum absolute atomic E-state index is 0. The average Bonchev–Trinajstić information content (AvgIpc) is 1.91. The molecule has 10 heavy (non-hydrogen) atoms. The molecule has 1 rings (SSSR count). The lowest BCUT2D eigenvalue weighted by Crippen LogP contribution is -2.36. The van der Waals surface area contributed by atoms with Gasteiger partial charge in [-0.05, 0) is 0 Å². The zero-order valence-corrected chi connectivity index (χ0v) is 6.55. The molecule has 56 valence electrons. The third-order valence-corrected chi connectivity index (χ3v) is 1.16. The van der Waals surface area contributed by atoms with Crippen LogP contribution in [-0.4, -0.2) is 6.54 Å². The van der Waals surface area contributed by atoms with Crippen LogP contribution in [0.3, 0.4) is 0 Å². The Morgan fingerprint density at radius 2 is 1.70 bits per heavy atom. The molecule has 0 bridgehead atoms. The number of nitrogens with zero attached hydrogens (tertiary/aromatic N) is 1. The number of halogens is 1. The van der Waals surface area contributed by atoms with Crippen LogP contribution in [0.2, 0.25) is 0 Å². The molecule has 0 aliphatic carbocycles. The molecule has 0 atom stereocenters. The van der Waals surface area contributed by atoms with Gasteiger partial charge in [-0.1, -0.05) is 6.07 Å². The zero-order chi connectivity index (χ0) is 6.53. The first-order valence-electron chi connectivity index (χ1n) is 3.07. The minimum atomic E-state index is 0. The monoisotopic (exact) mass is 159 g/mol. The molecule has 0 radical (unpaired) electrons. The van der Waals surface area contributed by atoms with Crippen LogP contribution < -0.4 is 10.3 Å². The van der Waals surface area contributed by atoms with Crippen molar-refractivity contribution in [3.05, 3.63) is 30.6 Å². The number of hydrogen-bond donors (Lipinski definition) is 1. The van der Waals surface area contributed by atoms with Gasteiger partial charge < -0.3 is 5.73 Å². The number of aromatic nitrogens is 1. The lowest BCUT2D eigenvalue weighted by atomic mass is 10.5. The summed E-state index contributed by atoms with van der Waals surface area (Å²) >= 11 is 0. The highest BCUT2D eigenvalue weighted by molar-refractivity contribution is 5.85. The highest BCUT2D eigenvalue weighted by Crippen LogP contribution is 1.74. The Balaban J connectivity index is 0.000000810. The summed E-state index contributed by atoms with van der Waals surface area (Å²) in [4.78, 5) is 0. The lowest BCUT2D eigenvalue weighted by Gasteiger charge is -1.89. The van der Waals surface area contributed by atoms with Crippen molar-refractivity contribution in [1.82, 2.24) is 0 Å². The highest BCUT2D eigenvalue weighted by atomic mass is 35.5. The summed E-state index contributed by atoms with van der Waals surface area (Å²) in [7, 11) is 0. The van der Waals surface area contributed by atoms with Gasteiger partial charge in [0.15, 0.2) is 18.9 Å². The predicted octanol–water partition coefficient (Wildman–Crippen LogP) is 0.355. The normalized spacial score (nSPS) is 8.50. The van der Waals surface area contributed by atoms with Crippen molar-refractivity contribution < 1.29 is 4.57 Å². The second-order valence-corrected chi connectivity index (χ2v) is 1.90. The number of hydrogen-bond acceptors (Lipinski definition) is 1. The molecular weight excluding hydrogens is 148 g/mol. The molecule has 3 heteroatoms. The van der Waals surface area contributed by atoms with Crippen LogP contribution in [0.15, 0.2) is 30.6 Å². The van der Waals surface area contributed by atoms with Crippen LogP contribution in [0, 0.1) is 0 Å². The molecule has 1 aromatic rings. The first-order valence-corrected chi connectivity index (χ1v) is 3.07. The smallest absolute Gasteiger partial charge is 0.168 e. The summed E-state index contributed by atoms with van der Waals surface area (Å²) in [5, 5.41) is 0.